The Balaban J connectivity index is 2.08. The zero-order chi connectivity index (χ0) is 15.4. The lowest BCUT2D eigenvalue weighted by Gasteiger charge is -2.15. The summed E-state index contributed by atoms with van der Waals surface area (Å²) >= 11 is 0. The van der Waals surface area contributed by atoms with Gasteiger partial charge in [-0.1, -0.05) is 30.3 Å². The van der Waals surface area contributed by atoms with Crippen LogP contribution >= 0.6 is 0 Å². The minimum Gasteiger partial charge on any atom is -0.348 e. The third-order valence-electron chi connectivity index (χ3n) is 3.31. The zero-order valence-corrected chi connectivity index (χ0v) is 12.5. The highest BCUT2D eigenvalue weighted by Gasteiger charge is 2.12. The molecule has 1 N–H and O–H groups in total. The van der Waals surface area contributed by atoms with Crippen molar-refractivity contribution in [2.75, 3.05) is 0 Å². The van der Waals surface area contributed by atoms with Gasteiger partial charge in [-0.05, 0) is 26.3 Å². The predicted octanol–water partition coefficient (Wildman–Crippen LogP) is 1.74. The third kappa shape index (κ3) is 3.78. The first kappa shape index (κ1) is 15.0. The van der Waals surface area contributed by atoms with Gasteiger partial charge < -0.3 is 5.32 Å². The Hall–Kier alpha value is -2.43. The molecule has 0 fully saturated rings. The molecule has 5 nitrogen and oxygen atoms in total. The van der Waals surface area contributed by atoms with Crippen LogP contribution in [0.2, 0.25) is 0 Å². The molecule has 2 rings (SSSR count). The summed E-state index contributed by atoms with van der Waals surface area (Å²) in [5.41, 5.74) is 1.48. The van der Waals surface area contributed by atoms with Crippen LogP contribution in [0.3, 0.4) is 0 Å². The van der Waals surface area contributed by atoms with E-state index in [-0.39, 0.29) is 24.1 Å². The summed E-state index contributed by atoms with van der Waals surface area (Å²) in [5, 5.41) is 2.89. The van der Waals surface area contributed by atoms with E-state index in [0.717, 1.165) is 5.56 Å². The highest BCUT2D eigenvalue weighted by atomic mass is 16.2. The Bertz CT molecular complexity index is 692. The van der Waals surface area contributed by atoms with E-state index in [4.69, 9.17) is 0 Å². The van der Waals surface area contributed by atoms with Gasteiger partial charge in [0.1, 0.15) is 12.4 Å². The van der Waals surface area contributed by atoms with Crippen molar-refractivity contribution in [1.29, 1.82) is 0 Å². The number of hydrogen-bond donors (Lipinski definition) is 1. The Morgan fingerprint density at radius 3 is 2.57 bits per heavy atom. The molecule has 0 unspecified atom stereocenters. The average Bonchev–Trinajstić information content (AvgIpc) is 2.43. The van der Waals surface area contributed by atoms with E-state index in [1.165, 1.54) is 10.6 Å². The highest BCUT2D eigenvalue weighted by Crippen LogP contribution is 2.10. The lowest BCUT2D eigenvalue weighted by molar-refractivity contribution is -0.122. The normalized spacial score (nSPS) is 12.0. The van der Waals surface area contributed by atoms with Crippen molar-refractivity contribution in [1.82, 2.24) is 14.9 Å². The molecule has 0 spiro atoms. The summed E-state index contributed by atoms with van der Waals surface area (Å²) in [5.74, 6) is 0.338. The molecule has 1 heterocycles. The van der Waals surface area contributed by atoms with Crippen molar-refractivity contribution in [2.24, 2.45) is 0 Å². The van der Waals surface area contributed by atoms with Crippen molar-refractivity contribution in [3.8, 4) is 0 Å². The average molecular weight is 285 g/mol. The summed E-state index contributed by atoms with van der Waals surface area (Å²) in [6.07, 6.45) is 0. The Morgan fingerprint density at radius 2 is 1.95 bits per heavy atom. The summed E-state index contributed by atoms with van der Waals surface area (Å²) in [7, 11) is 0. The first-order valence-electron chi connectivity index (χ1n) is 6.87. The number of aromatic nitrogens is 2. The summed E-state index contributed by atoms with van der Waals surface area (Å²) in [6.45, 7) is 5.38. The molecular formula is C16H19N3O2. The van der Waals surface area contributed by atoms with E-state index in [1.54, 1.807) is 13.8 Å². The van der Waals surface area contributed by atoms with Gasteiger partial charge in [-0.25, -0.2) is 4.98 Å². The molecular weight excluding hydrogens is 266 g/mol. The fourth-order valence-electron chi connectivity index (χ4n) is 2.21. The van der Waals surface area contributed by atoms with Crippen molar-refractivity contribution in [2.45, 2.75) is 33.4 Å². The van der Waals surface area contributed by atoms with Crippen LogP contribution in [0, 0.1) is 13.8 Å². The van der Waals surface area contributed by atoms with Gasteiger partial charge in [0.05, 0.1) is 6.04 Å². The largest absolute Gasteiger partial charge is 0.348 e. The fraction of sp³-hybridized carbons (Fsp3) is 0.312. The minimum atomic E-state index is -0.206. The van der Waals surface area contributed by atoms with Crippen LogP contribution in [0.25, 0.3) is 0 Å². The summed E-state index contributed by atoms with van der Waals surface area (Å²) in [6, 6.07) is 11.0. The lowest BCUT2D eigenvalue weighted by Crippen LogP contribution is -2.35. The monoisotopic (exact) mass is 285 g/mol. The molecule has 1 aromatic carbocycles. The van der Waals surface area contributed by atoms with E-state index >= 15 is 0 Å². The molecule has 0 aliphatic rings. The van der Waals surface area contributed by atoms with Gasteiger partial charge in [-0.15, -0.1) is 0 Å². The van der Waals surface area contributed by atoms with Crippen molar-refractivity contribution < 1.29 is 4.79 Å². The second-order valence-electron chi connectivity index (χ2n) is 5.07. The lowest BCUT2D eigenvalue weighted by atomic mass is 10.1. The molecule has 0 saturated carbocycles. The van der Waals surface area contributed by atoms with Gasteiger partial charge in [0.15, 0.2) is 0 Å². The van der Waals surface area contributed by atoms with Crippen LogP contribution in [0.5, 0.6) is 0 Å². The van der Waals surface area contributed by atoms with E-state index in [2.05, 4.69) is 10.3 Å². The zero-order valence-electron chi connectivity index (χ0n) is 12.5. The van der Waals surface area contributed by atoms with Crippen molar-refractivity contribution in [3.05, 3.63) is 63.8 Å². The number of aryl methyl sites for hydroxylation is 2. The Labute approximate surface area is 123 Å². The number of rotatable bonds is 4. The summed E-state index contributed by atoms with van der Waals surface area (Å²) < 4.78 is 1.38. The van der Waals surface area contributed by atoms with E-state index < -0.39 is 0 Å². The number of carbonyl (C=O) groups excluding carboxylic acids is 1. The first-order valence-corrected chi connectivity index (χ1v) is 6.87. The maximum atomic E-state index is 12.1. The molecule has 0 aliphatic heterocycles. The van der Waals surface area contributed by atoms with Gasteiger partial charge in [-0.2, -0.15) is 0 Å². The first-order chi connectivity index (χ1) is 9.97. The molecule has 0 radical (unpaired) electrons. The molecule has 0 aliphatic carbocycles. The van der Waals surface area contributed by atoms with Gasteiger partial charge in [0.25, 0.3) is 5.56 Å². The third-order valence-corrected chi connectivity index (χ3v) is 3.31. The second-order valence-corrected chi connectivity index (χ2v) is 5.07. The van der Waals surface area contributed by atoms with Crippen LogP contribution in [-0.2, 0) is 11.3 Å². The number of hydrogen-bond acceptors (Lipinski definition) is 3. The van der Waals surface area contributed by atoms with Gasteiger partial charge in [0, 0.05) is 11.8 Å². The van der Waals surface area contributed by atoms with Crippen LogP contribution in [-0.4, -0.2) is 15.5 Å². The quantitative estimate of drug-likeness (QED) is 0.930. The number of nitrogens with zero attached hydrogens (tertiary/aromatic N) is 2. The number of benzene rings is 1. The van der Waals surface area contributed by atoms with Gasteiger partial charge >= 0.3 is 0 Å². The predicted molar refractivity (Wildman–Crippen MR) is 81.0 cm³/mol. The van der Waals surface area contributed by atoms with E-state index in [9.17, 15) is 9.59 Å². The molecule has 1 atom stereocenters. The molecule has 110 valence electrons. The topological polar surface area (TPSA) is 64.0 Å². The Morgan fingerprint density at radius 1 is 1.29 bits per heavy atom. The van der Waals surface area contributed by atoms with Crippen LogP contribution in [0.4, 0.5) is 0 Å². The fourth-order valence-corrected chi connectivity index (χ4v) is 2.21. The maximum absolute atomic E-state index is 12.1. The highest BCUT2D eigenvalue weighted by molar-refractivity contribution is 5.76. The van der Waals surface area contributed by atoms with E-state index in [1.807, 2.05) is 37.3 Å². The molecule has 5 heteroatoms. The standard InChI is InChI=1S/C16H19N3O2/c1-11-9-16(21)19(13(3)17-11)10-15(20)18-12(2)14-7-5-4-6-8-14/h4-9,12H,10H2,1-3H3,(H,18,20)/t12-/m1/s1. The number of nitrogens with one attached hydrogen (secondary N) is 1. The van der Waals surface area contributed by atoms with Gasteiger partial charge in [0.2, 0.25) is 5.91 Å². The smallest absolute Gasteiger partial charge is 0.254 e. The van der Waals surface area contributed by atoms with Crippen LogP contribution in [0.15, 0.2) is 41.2 Å². The van der Waals surface area contributed by atoms with Crippen molar-refractivity contribution in [3.63, 3.8) is 0 Å². The van der Waals surface area contributed by atoms with Crippen LogP contribution in [0.1, 0.15) is 30.0 Å². The number of carbonyl (C=O) groups is 1. The van der Waals surface area contributed by atoms with Crippen molar-refractivity contribution >= 4 is 5.91 Å². The van der Waals surface area contributed by atoms with Crippen LogP contribution < -0.4 is 10.9 Å². The molecule has 21 heavy (non-hydrogen) atoms. The molecule has 2 aromatic rings. The van der Waals surface area contributed by atoms with E-state index in [0.29, 0.717) is 11.5 Å². The maximum Gasteiger partial charge on any atom is 0.254 e. The number of amides is 1. The molecule has 1 amide bonds. The SMILES string of the molecule is Cc1cc(=O)n(CC(=O)N[C@H](C)c2ccccc2)c(C)n1. The summed E-state index contributed by atoms with van der Waals surface area (Å²) in [4.78, 5) is 28.2. The molecule has 0 saturated heterocycles. The van der Waals surface area contributed by atoms with Gasteiger partial charge in [-0.3, -0.25) is 14.2 Å². The minimum absolute atomic E-state index is 0.0187. The molecule has 1 aromatic heterocycles. The Kier molecular flexibility index (Phi) is 4.52. The second kappa shape index (κ2) is 6.35. The molecule has 0 bridgehead atoms.